The smallest absolute Gasteiger partial charge is 0.308 e. The first-order valence-corrected chi connectivity index (χ1v) is 9.84. The number of esters is 1. The van der Waals surface area contributed by atoms with Crippen molar-refractivity contribution in [2.75, 3.05) is 0 Å². The van der Waals surface area contributed by atoms with Crippen LogP contribution in [-0.4, -0.2) is 27.9 Å². The van der Waals surface area contributed by atoms with Crippen LogP contribution in [0.2, 0.25) is 5.02 Å². The van der Waals surface area contributed by atoms with Gasteiger partial charge in [0.2, 0.25) is 5.91 Å². The fourth-order valence-corrected chi connectivity index (χ4v) is 3.29. The molecule has 156 valence electrons. The first-order chi connectivity index (χ1) is 13.7. The number of carbonyl (C=O) groups excluding carboxylic acids is 2. The van der Waals surface area contributed by atoms with E-state index in [0.29, 0.717) is 27.7 Å². The average molecular weight is 420 g/mol. The highest BCUT2D eigenvalue weighted by Gasteiger charge is 2.22. The molecule has 0 aliphatic heterocycles. The normalized spacial score (nSPS) is 11.9. The summed E-state index contributed by atoms with van der Waals surface area (Å²) >= 11 is 6.26. The van der Waals surface area contributed by atoms with Crippen LogP contribution in [0.5, 0.6) is 0 Å². The Morgan fingerprint density at radius 2 is 1.93 bits per heavy atom. The number of amides is 1. The molecule has 0 aliphatic rings. The van der Waals surface area contributed by atoms with Gasteiger partial charge in [0.1, 0.15) is 5.82 Å². The van der Waals surface area contributed by atoms with E-state index in [1.165, 1.54) is 0 Å². The molecule has 1 aromatic carbocycles. The number of H-pyrrole nitrogens is 1. The van der Waals surface area contributed by atoms with Gasteiger partial charge in [0.15, 0.2) is 0 Å². The van der Waals surface area contributed by atoms with Crippen LogP contribution in [0.1, 0.15) is 55.4 Å². The third-order valence-corrected chi connectivity index (χ3v) is 4.64. The van der Waals surface area contributed by atoms with E-state index in [1.807, 2.05) is 0 Å². The third-order valence-electron chi connectivity index (χ3n) is 4.30. The summed E-state index contributed by atoms with van der Waals surface area (Å²) in [7, 11) is 0. The van der Waals surface area contributed by atoms with Crippen molar-refractivity contribution in [1.29, 1.82) is 0 Å². The second-order valence-electron chi connectivity index (χ2n) is 7.10. The third kappa shape index (κ3) is 6.71. The number of aryl methyl sites for hydroxylation is 2. The van der Waals surface area contributed by atoms with Gasteiger partial charge in [0, 0.05) is 22.7 Å². The summed E-state index contributed by atoms with van der Waals surface area (Å²) in [4.78, 5) is 43.7. The number of carbonyl (C=O) groups is 2. The zero-order chi connectivity index (χ0) is 21.6. The summed E-state index contributed by atoms with van der Waals surface area (Å²) < 4.78 is 5.21. The number of aromatic nitrogens is 2. The minimum atomic E-state index is -0.627. The molecule has 2 rings (SSSR count). The average Bonchev–Trinajstić information content (AvgIpc) is 2.60. The predicted octanol–water partition coefficient (Wildman–Crippen LogP) is 3.17. The number of hydrogen-bond donors (Lipinski definition) is 2. The topological polar surface area (TPSA) is 101 Å². The summed E-state index contributed by atoms with van der Waals surface area (Å²) in [5, 5.41) is 3.29. The lowest BCUT2D eigenvalue weighted by Gasteiger charge is -2.20. The van der Waals surface area contributed by atoms with Crippen LogP contribution < -0.4 is 10.9 Å². The number of ether oxygens (including phenoxy) is 1. The molecule has 0 unspecified atom stereocenters. The van der Waals surface area contributed by atoms with Gasteiger partial charge < -0.3 is 15.0 Å². The predicted molar refractivity (Wildman–Crippen MR) is 111 cm³/mol. The minimum absolute atomic E-state index is 0.0423. The largest absolute Gasteiger partial charge is 0.463 e. The lowest BCUT2D eigenvalue weighted by Crippen LogP contribution is -2.32. The highest BCUT2D eigenvalue weighted by atomic mass is 35.5. The van der Waals surface area contributed by atoms with Crippen molar-refractivity contribution in [3.05, 3.63) is 62.3 Å². The van der Waals surface area contributed by atoms with Gasteiger partial charge in [-0.3, -0.25) is 14.4 Å². The lowest BCUT2D eigenvalue weighted by molar-refractivity contribution is -0.148. The standard InChI is InChI=1S/C21H26ClN3O4/c1-12(2)29-20(27)11-18(16-7-5-6-8-17(16)22)25-19(26)10-9-15-13(3)23-14(4)24-21(15)28/h5-8,12,18H,9-11H2,1-4H3,(H,25,26)(H,23,24,28)/t18-/m1/s1. The SMILES string of the molecule is Cc1nc(C)c(CCC(=O)N[C@H](CC(=O)OC(C)C)c2ccccc2Cl)c(=O)[nH]1. The van der Waals surface area contributed by atoms with Crippen LogP contribution in [0.3, 0.4) is 0 Å². The summed E-state index contributed by atoms with van der Waals surface area (Å²) in [5.74, 6) is -0.199. The molecule has 2 aromatic rings. The minimum Gasteiger partial charge on any atom is -0.463 e. The Hall–Kier alpha value is -2.67. The second-order valence-corrected chi connectivity index (χ2v) is 7.51. The van der Waals surface area contributed by atoms with Gasteiger partial charge in [0.25, 0.3) is 5.56 Å². The number of hydrogen-bond acceptors (Lipinski definition) is 5. The van der Waals surface area contributed by atoms with E-state index < -0.39 is 12.0 Å². The molecule has 0 saturated carbocycles. The van der Waals surface area contributed by atoms with Crippen molar-refractivity contribution in [2.45, 2.75) is 59.1 Å². The van der Waals surface area contributed by atoms with Gasteiger partial charge in [-0.1, -0.05) is 29.8 Å². The van der Waals surface area contributed by atoms with E-state index in [-0.39, 0.29) is 36.8 Å². The molecule has 1 heterocycles. The molecule has 2 N–H and O–H groups in total. The van der Waals surface area contributed by atoms with Gasteiger partial charge in [-0.15, -0.1) is 0 Å². The summed E-state index contributed by atoms with van der Waals surface area (Å²) in [6.07, 6.45) is 0.0222. The van der Waals surface area contributed by atoms with Gasteiger partial charge in [0.05, 0.1) is 18.6 Å². The number of benzene rings is 1. The van der Waals surface area contributed by atoms with Crippen molar-refractivity contribution in [3.8, 4) is 0 Å². The fraction of sp³-hybridized carbons (Fsp3) is 0.429. The number of halogens is 1. The monoisotopic (exact) mass is 419 g/mol. The number of rotatable bonds is 8. The molecule has 1 atom stereocenters. The molecule has 29 heavy (non-hydrogen) atoms. The molecule has 1 amide bonds. The summed E-state index contributed by atoms with van der Waals surface area (Å²) in [6.45, 7) is 6.96. The number of aromatic amines is 1. The van der Waals surface area contributed by atoms with E-state index in [2.05, 4.69) is 15.3 Å². The zero-order valence-corrected chi connectivity index (χ0v) is 17.8. The second kappa shape index (κ2) is 10.2. The van der Waals surface area contributed by atoms with Crippen molar-refractivity contribution in [2.24, 2.45) is 0 Å². The fourth-order valence-electron chi connectivity index (χ4n) is 3.02. The maximum absolute atomic E-state index is 12.6. The van der Waals surface area contributed by atoms with E-state index in [1.54, 1.807) is 52.0 Å². The summed E-state index contributed by atoms with van der Waals surface area (Å²) in [5.41, 5.74) is 1.46. The highest BCUT2D eigenvalue weighted by Crippen LogP contribution is 2.26. The molecule has 0 radical (unpaired) electrons. The highest BCUT2D eigenvalue weighted by molar-refractivity contribution is 6.31. The molecular weight excluding hydrogens is 394 g/mol. The Labute approximate surface area is 174 Å². The molecular formula is C21H26ClN3O4. The Morgan fingerprint density at radius 1 is 1.24 bits per heavy atom. The maximum Gasteiger partial charge on any atom is 0.308 e. The van der Waals surface area contributed by atoms with Gasteiger partial charge >= 0.3 is 5.97 Å². The molecule has 8 heteroatoms. The van der Waals surface area contributed by atoms with E-state index in [0.717, 1.165) is 0 Å². The van der Waals surface area contributed by atoms with Crippen LogP contribution in [0.25, 0.3) is 0 Å². The number of nitrogens with one attached hydrogen (secondary N) is 2. The maximum atomic E-state index is 12.6. The van der Waals surface area contributed by atoms with Crippen LogP contribution in [0.15, 0.2) is 29.1 Å². The molecule has 0 bridgehead atoms. The molecule has 0 saturated heterocycles. The van der Waals surface area contributed by atoms with Crippen LogP contribution in [-0.2, 0) is 20.7 Å². The van der Waals surface area contributed by atoms with Crippen LogP contribution in [0.4, 0.5) is 0 Å². The molecule has 7 nitrogen and oxygen atoms in total. The lowest BCUT2D eigenvalue weighted by atomic mass is 10.0. The van der Waals surface area contributed by atoms with Crippen molar-refractivity contribution in [3.63, 3.8) is 0 Å². The van der Waals surface area contributed by atoms with E-state index in [4.69, 9.17) is 16.3 Å². The van der Waals surface area contributed by atoms with Crippen molar-refractivity contribution in [1.82, 2.24) is 15.3 Å². The van der Waals surface area contributed by atoms with Crippen LogP contribution in [0, 0.1) is 13.8 Å². The van der Waals surface area contributed by atoms with Crippen LogP contribution >= 0.6 is 11.6 Å². The Kier molecular flexibility index (Phi) is 7.96. The Bertz CT molecular complexity index is 940. The zero-order valence-electron chi connectivity index (χ0n) is 17.0. The van der Waals surface area contributed by atoms with Gasteiger partial charge in [-0.25, -0.2) is 4.98 Å². The molecule has 1 aromatic heterocycles. The van der Waals surface area contributed by atoms with Gasteiger partial charge in [-0.2, -0.15) is 0 Å². The first kappa shape index (κ1) is 22.6. The van der Waals surface area contributed by atoms with Gasteiger partial charge in [-0.05, 0) is 45.7 Å². The summed E-state index contributed by atoms with van der Waals surface area (Å²) in [6, 6.07) is 6.39. The molecule has 0 aliphatic carbocycles. The molecule has 0 fully saturated rings. The number of nitrogens with zero attached hydrogens (tertiary/aromatic N) is 1. The Balaban J connectivity index is 2.12. The molecule has 0 spiro atoms. The Morgan fingerprint density at radius 3 is 2.55 bits per heavy atom. The first-order valence-electron chi connectivity index (χ1n) is 9.47. The van der Waals surface area contributed by atoms with Crippen molar-refractivity contribution < 1.29 is 14.3 Å². The van der Waals surface area contributed by atoms with E-state index >= 15 is 0 Å². The van der Waals surface area contributed by atoms with Crippen molar-refractivity contribution >= 4 is 23.5 Å². The van der Waals surface area contributed by atoms with E-state index in [9.17, 15) is 14.4 Å². The quantitative estimate of drug-likeness (QED) is 0.640.